The Kier molecular flexibility index (Phi) is 12.2. The lowest BCUT2D eigenvalue weighted by Crippen LogP contribution is -2.50. The van der Waals surface area contributed by atoms with Crippen molar-refractivity contribution in [3.8, 4) is 0 Å². The van der Waals surface area contributed by atoms with Crippen LogP contribution < -0.4 is 33.1 Å². The molecule has 14 nitrogen and oxygen atoms in total. The zero-order chi connectivity index (χ0) is 30.6. The Balaban J connectivity index is 1.61. The van der Waals surface area contributed by atoms with E-state index in [1.165, 1.54) is 23.4 Å². The number of nitrogens with two attached hydrogens (primary N) is 2. The highest BCUT2D eigenvalue weighted by molar-refractivity contribution is 7.99. The fraction of sp³-hybridized carbons (Fsp3) is 0.481. The predicted octanol–water partition coefficient (Wildman–Crippen LogP) is 1.42. The van der Waals surface area contributed by atoms with E-state index in [9.17, 15) is 19.2 Å². The van der Waals surface area contributed by atoms with Crippen molar-refractivity contribution >= 4 is 58.2 Å². The molecule has 0 aliphatic heterocycles. The second kappa shape index (κ2) is 15.8. The summed E-state index contributed by atoms with van der Waals surface area (Å²) < 4.78 is 6.25. The van der Waals surface area contributed by atoms with Crippen LogP contribution in [0.25, 0.3) is 11.2 Å². The number of aromatic nitrogens is 4. The fourth-order valence-electron chi connectivity index (χ4n) is 4.02. The largest absolute Gasteiger partial charge is 0.467 e. The molecule has 2 amide bonds. The normalized spacial score (nSPS) is 12.5. The number of methoxy groups -OCH3 is 1. The lowest BCUT2D eigenvalue weighted by Gasteiger charge is -2.19. The van der Waals surface area contributed by atoms with Crippen molar-refractivity contribution in [3.05, 3.63) is 40.3 Å². The SMILES string of the molecule is CCCCNc1nc(N)c2[nH]c(=O)n(Cc3ccc(NC(=O)CC[C@H](NC(=O)[C@H](N)CSCC)C(=O)OC)cc3)c2n1. The first-order valence-electron chi connectivity index (χ1n) is 13.8. The standard InChI is InChI=1S/C27H39N9O5S/c1-4-6-13-30-26-34-22(29)21-23(35-26)36(27(40)33-21)14-16-7-9-17(10-8-16)31-20(37)12-11-19(25(39)41-3)32-24(38)18(28)15-42-5-2/h7-10,18-19H,4-6,11-15,28H2,1-3H3,(H,31,37)(H,32,38)(H,33,40)(H3,29,30,34,35)/t18-,19+/m1/s1. The van der Waals surface area contributed by atoms with Gasteiger partial charge in [-0.25, -0.2) is 9.59 Å². The summed E-state index contributed by atoms with van der Waals surface area (Å²) in [6.45, 7) is 4.94. The summed E-state index contributed by atoms with van der Waals surface area (Å²) >= 11 is 1.51. The van der Waals surface area contributed by atoms with Crippen LogP contribution in [-0.2, 0) is 25.7 Å². The maximum Gasteiger partial charge on any atom is 0.328 e. The van der Waals surface area contributed by atoms with E-state index >= 15 is 0 Å². The number of nitrogens with zero attached hydrogens (tertiary/aromatic N) is 3. The zero-order valence-electron chi connectivity index (χ0n) is 24.1. The number of aromatic amines is 1. The average Bonchev–Trinajstić information content (AvgIpc) is 3.29. The van der Waals surface area contributed by atoms with Gasteiger partial charge in [-0.2, -0.15) is 21.7 Å². The Morgan fingerprint density at radius 2 is 1.90 bits per heavy atom. The van der Waals surface area contributed by atoms with Crippen LogP contribution in [0.2, 0.25) is 0 Å². The van der Waals surface area contributed by atoms with Crippen LogP contribution in [0, 0.1) is 0 Å². The van der Waals surface area contributed by atoms with Crippen molar-refractivity contribution in [2.24, 2.45) is 5.73 Å². The molecule has 0 saturated carbocycles. The minimum Gasteiger partial charge on any atom is -0.467 e. The monoisotopic (exact) mass is 601 g/mol. The van der Waals surface area contributed by atoms with Gasteiger partial charge in [0.1, 0.15) is 11.6 Å². The van der Waals surface area contributed by atoms with Crippen molar-refractivity contribution < 1.29 is 19.1 Å². The Morgan fingerprint density at radius 3 is 2.57 bits per heavy atom. The van der Waals surface area contributed by atoms with E-state index in [0.717, 1.165) is 24.2 Å². The molecular weight excluding hydrogens is 562 g/mol. The number of thioether (sulfide) groups is 1. The molecule has 0 unspecified atom stereocenters. The molecule has 0 radical (unpaired) electrons. The second-order valence-corrected chi connectivity index (χ2v) is 10.9. The molecule has 8 N–H and O–H groups in total. The summed E-state index contributed by atoms with van der Waals surface area (Å²) in [5.41, 5.74) is 13.6. The Morgan fingerprint density at radius 1 is 1.17 bits per heavy atom. The maximum atomic E-state index is 12.7. The molecule has 0 spiro atoms. The number of amides is 2. The van der Waals surface area contributed by atoms with E-state index in [1.54, 1.807) is 24.3 Å². The molecule has 0 fully saturated rings. The number of esters is 1. The molecular formula is C27H39N9O5S. The van der Waals surface area contributed by atoms with E-state index in [4.69, 9.17) is 16.2 Å². The van der Waals surface area contributed by atoms with E-state index < -0.39 is 24.0 Å². The third-order valence-corrected chi connectivity index (χ3v) is 7.35. The number of hydrogen-bond acceptors (Lipinski definition) is 11. The third-order valence-electron chi connectivity index (χ3n) is 6.34. The van der Waals surface area contributed by atoms with Gasteiger partial charge in [0.05, 0.1) is 19.7 Å². The number of carbonyl (C=O) groups excluding carboxylic acids is 3. The fourth-order valence-corrected chi connectivity index (χ4v) is 4.66. The molecule has 2 aromatic heterocycles. The van der Waals surface area contributed by atoms with Gasteiger partial charge in [0.2, 0.25) is 17.8 Å². The Hall–Kier alpha value is -4.11. The van der Waals surface area contributed by atoms with Crippen LogP contribution >= 0.6 is 11.8 Å². The minimum absolute atomic E-state index is 0.0404. The number of anilines is 3. The number of fused-ring (bicyclic) bond motifs is 1. The van der Waals surface area contributed by atoms with Gasteiger partial charge in [-0.05, 0) is 36.3 Å². The van der Waals surface area contributed by atoms with Crippen LogP contribution in [0.5, 0.6) is 0 Å². The minimum atomic E-state index is -0.997. The number of hydrogen-bond donors (Lipinski definition) is 6. The summed E-state index contributed by atoms with van der Waals surface area (Å²) in [6.07, 6.45) is 1.96. The van der Waals surface area contributed by atoms with Gasteiger partial charge in [0.25, 0.3) is 0 Å². The topological polar surface area (TPSA) is 212 Å². The number of benzene rings is 1. The number of unbranched alkanes of at least 4 members (excludes halogenated alkanes) is 1. The first-order valence-corrected chi connectivity index (χ1v) is 14.9. The molecule has 0 aliphatic carbocycles. The van der Waals surface area contributed by atoms with Crippen LogP contribution in [-0.4, -0.2) is 74.5 Å². The van der Waals surface area contributed by atoms with Crippen LogP contribution in [0.1, 0.15) is 45.1 Å². The van der Waals surface area contributed by atoms with E-state index in [0.29, 0.717) is 35.1 Å². The van der Waals surface area contributed by atoms with Crippen molar-refractivity contribution in [1.29, 1.82) is 0 Å². The van der Waals surface area contributed by atoms with Gasteiger partial charge in [-0.3, -0.25) is 14.2 Å². The molecule has 42 heavy (non-hydrogen) atoms. The molecule has 3 aromatic rings. The number of carbonyl (C=O) groups is 3. The third kappa shape index (κ3) is 8.94. The average molecular weight is 602 g/mol. The van der Waals surface area contributed by atoms with Crippen LogP contribution in [0.4, 0.5) is 17.5 Å². The number of H-pyrrole nitrogens is 1. The van der Waals surface area contributed by atoms with Gasteiger partial charge in [-0.1, -0.05) is 32.4 Å². The van der Waals surface area contributed by atoms with E-state index in [2.05, 4.69) is 37.8 Å². The maximum absolute atomic E-state index is 12.7. The van der Waals surface area contributed by atoms with Gasteiger partial charge in [-0.15, -0.1) is 0 Å². The molecule has 2 heterocycles. The first kappa shape index (κ1) is 32.4. The Labute approximate surface area is 247 Å². The number of imidazole rings is 1. The van der Waals surface area contributed by atoms with Gasteiger partial charge in [0.15, 0.2) is 11.5 Å². The predicted molar refractivity (Wildman–Crippen MR) is 164 cm³/mol. The van der Waals surface area contributed by atoms with Crippen molar-refractivity contribution in [3.63, 3.8) is 0 Å². The zero-order valence-corrected chi connectivity index (χ0v) is 24.9. The van der Waals surface area contributed by atoms with Crippen molar-refractivity contribution in [2.45, 2.75) is 58.2 Å². The van der Waals surface area contributed by atoms with Gasteiger partial charge in [0, 0.05) is 24.4 Å². The molecule has 228 valence electrons. The molecule has 15 heteroatoms. The number of ether oxygens (including phenoxy) is 1. The molecule has 3 rings (SSSR count). The summed E-state index contributed by atoms with van der Waals surface area (Å²) in [4.78, 5) is 61.2. The van der Waals surface area contributed by atoms with Crippen LogP contribution in [0.15, 0.2) is 29.1 Å². The van der Waals surface area contributed by atoms with Crippen molar-refractivity contribution in [2.75, 3.05) is 41.5 Å². The molecule has 0 saturated heterocycles. The van der Waals surface area contributed by atoms with E-state index in [-0.39, 0.29) is 36.8 Å². The summed E-state index contributed by atoms with van der Waals surface area (Å²) in [6, 6.07) is 5.20. The second-order valence-electron chi connectivity index (χ2n) is 9.56. The number of rotatable bonds is 16. The summed E-state index contributed by atoms with van der Waals surface area (Å²) in [5.74, 6) is 0.285. The van der Waals surface area contributed by atoms with Crippen molar-refractivity contribution in [1.82, 2.24) is 24.8 Å². The highest BCUT2D eigenvalue weighted by atomic mass is 32.2. The molecule has 1 aromatic carbocycles. The van der Waals surface area contributed by atoms with Crippen LogP contribution in [0.3, 0.4) is 0 Å². The smallest absolute Gasteiger partial charge is 0.328 e. The van der Waals surface area contributed by atoms with Gasteiger partial charge >= 0.3 is 11.7 Å². The lowest BCUT2D eigenvalue weighted by molar-refractivity contribution is -0.145. The van der Waals surface area contributed by atoms with Gasteiger partial charge < -0.3 is 37.1 Å². The molecule has 2 atom stereocenters. The summed E-state index contributed by atoms with van der Waals surface area (Å²) in [5, 5.41) is 8.48. The number of nitrogens with one attached hydrogen (secondary N) is 4. The molecule has 0 bridgehead atoms. The highest BCUT2D eigenvalue weighted by Gasteiger charge is 2.25. The lowest BCUT2D eigenvalue weighted by atomic mass is 10.1. The van der Waals surface area contributed by atoms with E-state index in [1.807, 2.05) is 6.92 Å². The number of nitrogen functional groups attached to an aromatic ring is 1. The highest BCUT2D eigenvalue weighted by Crippen LogP contribution is 2.18. The molecule has 0 aliphatic rings. The first-order chi connectivity index (χ1) is 20.2. The Bertz CT molecular complexity index is 1420. The summed E-state index contributed by atoms with van der Waals surface area (Å²) in [7, 11) is 1.21. The quantitative estimate of drug-likeness (QED) is 0.102.